The lowest BCUT2D eigenvalue weighted by molar-refractivity contribution is 0.984. The van der Waals surface area contributed by atoms with Gasteiger partial charge in [-0.2, -0.15) is 10.2 Å². The van der Waals surface area contributed by atoms with Gasteiger partial charge >= 0.3 is 0 Å². The van der Waals surface area contributed by atoms with Crippen LogP contribution in [0.1, 0.15) is 0 Å². The highest BCUT2D eigenvalue weighted by Gasteiger charge is 2.01. The van der Waals surface area contributed by atoms with E-state index in [1.165, 1.54) is 0 Å². The maximum absolute atomic E-state index is 4.17. The molecule has 0 aromatic carbocycles. The highest BCUT2D eigenvalue weighted by molar-refractivity contribution is 5.75. The van der Waals surface area contributed by atoms with Crippen LogP contribution in [0, 0.1) is 0 Å². The molecule has 0 saturated heterocycles. The molecule has 0 unspecified atom stereocenters. The number of hydrogen-bond donors (Lipinski definition) is 1. The molecule has 0 amide bonds. The number of hydrogen-bond acceptors (Lipinski definition) is 3. The van der Waals surface area contributed by atoms with E-state index in [1.807, 2.05) is 6.07 Å². The average Bonchev–Trinajstić information content (AvgIpc) is 2.71. The van der Waals surface area contributed by atoms with Crippen LogP contribution >= 0.6 is 0 Å². The molecule has 0 bridgehead atoms. The van der Waals surface area contributed by atoms with Crippen molar-refractivity contribution in [1.29, 1.82) is 0 Å². The number of aromatic nitrogens is 5. The molecule has 3 rings (SSSR count). The second-order valence-electron chi connectivity index (χ2n) is 2.53. The van der Waals surface area contributed by atoms with Gasteiger partial charge in [0.05, 0.1) is 18.6 Å². The molecular formula is C7H5N5. The topological polar surface area (TPSA) is 58.9 Å². The number of nitrogens with zero attached hydrogens (tertiary/aromatic N) is 4. The summed E-state index contributed by atoms with van der Waals surface area (Å²) in [5, 5.41) is 10.8. The second-order valence-corrected chi connectivity index (χ2v) is 2.53. The molecule has 58 valence electrons. The minimum Gasteiger partial charge on any atom is -0.275 e. The smallest absolute Gasteiger partial charge is 0.155 e. The van der Waals surface area contributed by atoms with Crippen LogP contribution in [0.2, 0.25) is 0 Å². The van der Waals surface area contributed by atoms with E-state index in [0.717, 1.165) is 16.7 Å². The Labute approximate surface area is 67.0 Å². The van der Waals surface area contributed by atoms with Crippen LogP contribution in [0.15, 0.2) is 24.7 Å². The highest BCUT2D eigenvalue weighted by Crippen LogP contribution is 2.09. The average molecular weight is 159 g/mol. The van der Waals surface area contributed by atoms with Crippen LogP contribution in [0.25, 0.3) is 16.7 Å². The maximum Gasteiger partial charge on any atom is 0.155 e. The van der Waals surface area contributed by atoms with Crippen LogP contribution < -0.4 is 0 Å². The zero-order valence-corrected chi connectivity index (χ0v) is 6.10. The first-order chi connectivity index (χ1) is 5.95. The van der Waals surface area contributed by atoms with Crippen molar-refractivity contribution >= 4 is 16.7 Å². The van der Waals surface area contributed by atoms with Crippen LogP contribution in [0.4, 0.5) is 0 Å². The third-order valence-corrected chi connectivity index (χ3v) is 1.82. The third kappa shape index (κ3) is 0.554. The number of rotatable bonds is 0. The molecule has 0 aliphatic rings. The maximum atomic E-state index is 4.17. The van der Waals surface area contributed by atoms with Gasteiger partial charge in [-0.3, -0.25) is 5.10 Å². The molecular weight excluding hydrogens is 154 g/mol. The summed E-state index contributed by atoms with van der Waals surface area (Å²) in [6.45, 7) is 0. The van der Waals surface area contributed by atoms with Crippen molar-refractivity contribution in [3.8, 4) is 0 Å². The van der Waals surface area contributed by atoms with Crippen molar-refractivity contribution in [3.05, 3.63) is 24.7 Å². The number of H-pyrrole nitrogens is 1. The zero-order valence-electron chi connectivity index (χ0n) is 6.10. The molecule has 0 spiro atoms. The van der Waals surface area contributed by atoms with Crippen molar-refractivity contribution in [2.45, 2.75) is 0 Å². The van der Waals surface area contributed by atoms with E-state index in [0.29, 0.717) is 0 Å². The fourth-order valence-electron chi connectivity index (χ4n) is 1.26. The van der Waals surface area contributed by atoms with Crippen molar-refractivity contribution < 1.29 is 0 Å². The number of aromatic amines is 1. The van der Waals surface area contributed by atoms with E-state index in [-0.39, 0.29) is 0 Å². The standard InChI is InChI=1S/C7H5N5/c1-2-10-12-6-4-9-11-5(6)3-8-7(1)12/h1-4H,(H,9,11). The van der Waals surface area contributed by atoms with Gasteiger partial charge in [0.15, 0.2) is 5.65 Å². The normalized spacial score (nSPS) is 11.3. The summed E-state index contributed by atoms with van der Waals surface area (Å²) in [6.07, 6.45) is 5.20. The first-order valence-electron chi connectivity index (χ1n) is 3.57. The monoisotopic (exact) mass is 159 g/mol. The van der Waals surface area contributed by atoms with Crippen LogP contribution in [-0.4, -0.2) is 24.8 Å². The number of nitrogens with one attached hydrogen (secondary N) is 1. The molecule has 3 aromatic heterocycles. The minimum absolute atomic E-state index is 0.837. The lowest BCUT2D eigenvalue weighted by Gasteiger charge is -1.91. The summed E-state index contributed by atoms with van der Waals surface area (Å²) in [4.78, 5) is 4.17. The molecule has 5 nitrogen and oxygen atoms in total. The minimum atomic E-state index is 0.837. The summed E-state index contributed by atoms with van der Waals surface area (Å²) in [5.41, 5.74) is 2.68. The largest absolute Gasteiger partial charge is 0.275 e. The molecule has 1 N–H and O–H groups in total. The Hall–Kier alpha value is -1.91. The fraction of sp³-hybridized carbons (Fsp3) is 0. The predicted molar refractivity (Wildman–Crippen MR) is 42.6 cm³/mol. The van der Waals surface area contributed by atoms with E-state index >= 15 is 0 Å². The molecule has 0 saturated carbocycles. The Morgan fingerprint density at radius 3 is 3.33 bits per heavy atom. The summed E-state index contributed by atoms with van der Waals surface area (Å²) in [5.74, 6) is 0. The van der Waals surface area contributed by atoms with Gasteiger partial charge in [0.1, 0.15) is 11.0 Å². The molecule has 5 heteroatoms. The van der Waals surface area contributed by atoms with Crippen molar-refractivity contribution in [1.82, 2.24) is 24.8 Å². The summed E-state index contributed by atoms with van der Waals surface area (Å²) in [6, 6.07) is 1.85. The van der Waals surface area contributed by atoms with Gasteiger partial charge in [0.25, 0.3) is 0 Å². The van der Waals surface area contributed by atoms with E-state index < -0.39 is 0 Å². The Balaban J connectivity index is 2.71. The van der Waals surface area contributed by atoms with Crippen molar-refractivity contribution in [2.75, 3.05) is 0 Å². The first-order valence-corrected chi connectivity index (χ1v) is 3.57. The van der Waals surface area contributed by atoms with Gasteiger partial charge in [0, 0.05) is 6.07 Å². The molecule has 0 aliphatic carbocycles. The Morgan fingerprint density at radius 1 is 1.33 bits per heavy atom. The van der Waals surface area contributed by atoms with Gasteiger partial charge < -0.3 is 0 Å². The van der Waals surface area contributed by atoms with Gasteiger partial charge in [0.2, 0.25) is 0 Å². The first kappa shape index (κ1) is 5.70. The lowest BCUT2D eigenvalue weighted by atomic mass is 10.5. The highest BCUT2D eigenvalue weighted by atomic mass is 15.3. The van der Waals surface area contributed by atoms with Gasteiger partial charge in [-0.15, -0.1) is 0 Å². The molecule has 3 aromatic rings. The van der Waals surface area contributed by atoms with E-state index in [4.69, 9.17) is 0 Å². The molecule has 0 atom stereocenters. The van der Waals surface area contributed by atoms with Gasteiger partial charge in [-0.05, 0) is 0 Å². The molecule has 12 heavy (non-hydrogen) atoms. The van der Waals surface area contributed by atoms with Gasteiger partial charge in [-0.1, -0.05) is 0 Å². The van der Waals surface area contributed by atoms with Crippen LogP contribution in [-0.2, 0) is 0 Å². The van der Waals surface area contributed by atoms with Crippen molar-refractivity contribution in [2.24, 2.45) is 0 Å². The second kappa shape index (κ2) is 1.82. The lowest BCUT2D eigenvalue weighted by Crippen LogP contribution is -1.89. The summed E-state index contributed by atoms with van der Waals surface area (Å²) < 4.78 is 1.75. The quantitative estimate of drug-likeness (QED) is 0.522. The van der Waals surface area contributed by atoms with Gasteiger partial charge in [-0.25, -0.2) is 9.50 Å². The Bertz CT molecular complexity index is 485. The molecule has 0 radical (unpaired) electrons. The van der Waals surface area contributed by atoms with Crippen molar-refractivity contribution in [3.63, 3.8) is 0 Å². The fourth-order valence-corrected chi connectivity index (χ4v) is 1.26. The number of fused-ring (bicyclic) bond motifs is 3. The Morgan fingerprint density at radius 2 is 2.33 bits per heavy atom. The molecule has 0 aliphatic heterocycles. The Kier molecular flexibility index (Phi) is 0.864. The summed E-state index contributed by atoms with van der Waals surface area (Å²) >= 11 is 0. The zero-order chi connectivity index (χ0) is 7.97. The van der Waals surface area contributed by atoms with E-state index in [9.17, 15) is 0 Å². The third-order valence-electron chi connectivity index (χ3n) is 1.82. The molecule has 3 heterocycles. The summed E-state index contributed by atoms with van der Waals surface area (Å²) in [7, 11) is 0. The van der Waals surface area contributed by atoms with Crippen LogP contribution in [0.5, 0.6) is 0 Å². The van der Waals surface area contributed by atoms with E-state index in [2.05, 4.69) is 20.3 Å². The van der Waals surface area contributed by atoms with Crippen LogP contribution in [0.3, 0.4) is 0 Å². The SMILES string of the molecule is c1cc2ncc3[nH]ncc3n2n1. The molecule has 0 fully saturated rings. The van der Waals surface area contributed by atoms with E-state index in [1.54, 1.807) is 23.1 Å². The predicted octanol–water partition coefficient (Wildman–Crippen LogP) is 0.606.